The molecule has 0 aliphatic carbocycles. The van der Waals surface area contributed by atoms with Gasteiger partial charge < -0.3 is 20.1 Å². The van der Waals surface area contributed by atoms with Crippen LogP contribution in [0, 0.1) is 0 Å². The van der Waals surface area contributed by atoms with Crippen molar-refractivity contribution in [1.29, 1.82) is 0 Å². The highest BCUT2D eigenvalue weighted by Gasteiger charge is 2.15. The van der Waals surface area contributed by atoms with Crippen LogP contribution >= 0.6 is 11.6 Å². The Hall–Kier alpha value is -3.06. The van der Waals surface area contributed by atoms with E-state index in [4.69, 9.17) is 21.1 Å². The molecule has 8 heteroatoms. The second kappa shape index (κ2) is 9.83. The van der Waals surface area contributed by atoms with Gasteiger partial charge in [0.2, 0.25) is 0 Å². The van der Waals surface area contributed by atoms with E-state index in [1.165, 1.54) is 0 Å². The van der Waals surface area contributed by atoms with Crippen LogP contribution in [0.3, 0.4) is 0 Å². The van der Waals surface area contributed by atoms with E-state index in [9.17, 15) is 4.79 Å². The van der Waals surface area contributed by atoms with Crippen molar-refractivity contribution >= 4 is 34.4 Å². The number of rotatable bonds is 7. The third kappa shape index (κ3) is 6.46. The molecule has 1 amide bonds. The van der Waals surface area contributed by atoms with E-state index in [0.717, 1.165) is 40.1 Å². The van der Waals surface area contributed by atoms with Crippen LogP contribution in [0.5, 0.6) is 5.75 Å². The molecule has 164 valence electrons. The SMILES string of the molecule is COc1ccc(-c2cc3nc(NCCCNC(=O)OC(C)(C)C)ccc3c(Cl)n2)cc1. The van der Waals surface area contributed by atoms with Gasteiger partial charge in [-0.1, -0.05) is 11.6 Å². The van der Waals surface area contributed by atoms with Crippen molar-refractivity contribution in [3.8, 4) is 17.0 Å². The molecule has 1 aromatic carbocycles. The van der Waals surface area contributed by atoms with Crippen molar-refractivity contribution in [2.45, 2.75) is 32.8 Å². The number of ether oxygens (including phenoxy) is 2. The van der Waals surface area contributed by atoms with Crippen LogP contribution in [0.4, 0.5) is 10.6 Å². The van der Waals surface area contributed by atoms with Gasteiger partial charge in [-0.05, 0) is 69.7 Å². The molecule has 0 atom stereocenters. The summed E-state index contributed by atoms with van der Waals surface area (Å²) in [6.07, 6.45) is 0.317. The monoisotopic (exact) mass is 442 g/mol. The van der Waals surface area contributed by atoms with Gasteiger partial charge in [0.05, 0.1) is 18.3 Å². The van der Waals surface area contributed by atoms with Gasteiger partial charge in [0, 0.05) is 24.0 Å². The van der Waals surface area contributed by atoms with E-state index in [1.807, 2.05) is 63.2 Å². The zero-order chi connectivity index (χ0) is 22.4. The third-order valence-corrected chi connectivity index (χ3v) is 4.64. The third-order valence-electron chi connectivity index (χ3n) is 4.35. The second-order valence-corrected chi connectivity index (χ2v) is 8.36. The standard InChI is InChI=1S/C23H27ClN4O3/c1-23(2,3)31-22(29)26-13-5-12-25-20-11-10-17-19(27-20)14-18(28-21(17)24)15-6-8-16(30-4)9-7-15/h6-11,14H,5,12-13H2,1-4H3,(H,25,27)(H,26,29). The molecular formula is C23H27ClN4O3. The first-order valence-electron chi connectivity index (χ1n) is 10.1. The van der Waals surface area contributed by atoms with Crippen molar-refractivity contribution in [3.05, 3.63) is 47.6 Å². The quantitative estimate of drug-likeness (QED) is 0.382. The van der Waals surface area contributed by atoms with Gasteiger partial charge in [-0.3, -0.25) is 0 Å². The summed E-state index contributed by atoms with van der Waals surface area (Å²) >= 11 is 6.40. The van der Waals surface area contributed by atoms with Crippen molar-refractivity contribution < 1.29 is 14.3 Å². The molecule has 7 nitrogen and oxygen atoms in total. The molecule has 2 N–H and O–H groups in total. The predicted molar refractivity (Wildman–Crippen MR) is 124 cm³/mol. The summed E-state index contributed by atoms with van der Waals surface area (Å²) in [5.41, 5.74) is 1.92. The molecule has 0 aliphatic rings. The van der Waals surface area contributed by atoms with Crippen molar-refractivity contribution in [2.24, 2.45) is 0 Å². The number of nitrogens with zero attached hydrogens (tertiary/aromatic N) is 2. The van der Waals surface area contributed by atoms with Crippen LogP contribution in [-0.2, 0) is 4.74 Å². The normalized spacial score (nSPS) is 11.3. The van der Waals surface area contributed by atoms with Gasteiger partial charge in [-0.25, -0.2) is 14.8 Å². The van der Waals surface area contributed by atoms with Gasteiger partial charge in [0.25, 0.3) is 0 Å². The Morgan fingerprint density at radius 1 is 1.06 bits per heavy atom. The number of amides is 1. The molecule has 2 heterocycles. The summed E-state index contributed by atoms with van der Waals surface area (Å²) < 4.78 is 10.4. The molecule has 0 spiro atoms. The fourth-order valence-corrected chi connectivity index (χ4v) is 3.16. The minimum absolute atomic E-state index is 0.406. The molecule has 0 saturated carbocycles. The van der Waals surface area contributed by atoms with Crippen molar-refractivity contribution in [1.82, 2.24) is 15.3 Å². The molecule has 31 heavy (non-hydrogen) atoms. The van der Waals surface area contributed by atoms with Crippen LogP contribution in [0.1, 0.15) is 27.2 Å². The zero-order valence-corrected chi connectivity index (χ0v) is 18.9. The van der Waals surface area contributed by atoms with Crippen molar-refractivity contribution in [3.63, 3.8) is 0 Å². The maximum absolute atomic E-state index is 11.7. The number of anilines is 1. The van der Waals surface area contributed by atoms with Crippen LogP contribution < -0.4 is 15.4 Å². The molecule has 2 aromatic heterocycles. The first-order chi connectivity index (χ1) is 14.7. The van der Waals surface area contributed by atoms with Gasteiger partial charge in [0.15, 0.2) is 0 Å². The lowest BCUT2D eigenvalue weighted by molar-refractivity contribution is 0.0528. The number of carbonyl (C=O) groups excluding carboxylic acids is 1. The van der Waals surface area contributed by atoms with Gasteiger partial charge in [-0.2, -0.15) is 0 Å². The number of nitrogens with one attached hydrogen (secondary N) is 2. The highest BCUT2D eigenvalue weighted by atomic mass is 35.5. The second-order valence-electron chi connectivity index (χ2n) is 8.00. The molecule has 0 fully saturated rings. The maximum Gasteiger partial charge on any atom is 0.407 e. The maximum atomic E-state index is 11.7. The first kappa shape index (κ1) is 22.6. The topological polar surface area (TPSA) is 85.4 Å². The lowest BCUT2D eigenvalue weighted by atomic mass is 10.1. The number of fused-ring (bicyclic) bond motifs is 1. The van der Waals surface area contributed by atoms with Crippen LogP contribution in [0.2, 0.25) is 5.15 Å². The largest absolute Gasteiger partial charge is 0.497 e. The lowest BCUT2D eigenvalue weighted by Gasteiger charge is -2.19. The van der Waals surface area contributed by atoms with Crippen molar-refractivity contribution in [2.75, 3.05) is 25.5 Å². The summed E-state index contributed by atoms with van der Waals surface area (Å²) in [5, 5.41) is 7.20. The molecule has 3 rings (SSSR count). The summed E-state index contributed by atoms with van der Waals surface area (Å²) in [6, 6.07) is 13.3. The molecule has 0 bridgehead atoms. The van der Waals surface area contributed by atoms with Gasteiger partial charge in [0.1, 0.15) is 22.3 Å². The lowest BCUT2D eigenvalue weighted by Crippen LogP contribution is -2.33. The number of methoxy groups -OCH3 is 1. The van der Waals surface area contributed by atoms with Gasteiger partial charge >= 0.3 is 6.09 Å². The Balaban J connectivity index is 1.62. The smallest absolute Gasteiger partial charge is 0.407 e. The van der Waals surface area contributed by atoms with Gasteiger partial charge in [-0.15, -0.1) is 0 Å². The van der Waals surface area contributed by atoms with Crippen LogP contribution in [0.25, 0.3) is 22.2 Å². The number of benzene rings is 1. The number of carbonyl (C=O) groups is 1. The number of alkyl carbamates (subject to hydrolysis) is 1. The van der Waals surface area contributed by atoms with E-state index >= 15 is 0 Å². The van der Waals surface area contributed by atoms with E-state index in [1.54, 1.807) is 7.11 Å². The molecule has 0 aliphatic heterocycles. The average molecular weight is 443 g/mol. The van der Waals surface area contributed by atoms with E-state index in [-0.39, 0.29) is 0 Å². The number of hydrogen-bond donors (Lipinski definition) is 2. The summed E-state index contributed by atoms with van der Waals surface area (Å²) in [5.74, 6) is 1.51. The molecule has 0 saturated heterocycles. The first-order valence-corrected chi connectivity index (χ1v) is 10.5. The Kier molecular flexibility index (Phi) is 7.17. The number of pyridine rings is 2. The summed E-state index contributed by atoms with van der Waals surface area (Å²) in [4.78, 5) is 20.8. The summed E-state index contributed by atoms with van der Waals surface area (Å²) in [7, 11) is 1.63. The molecule has 0 radical (unpaired) electrons. The highest BCUT2D eigenvalue weighted by Crippen LogP contribution is 2.28. The van der Waals surface area contributed by atoms with E-state index in [0.29, 0.717) is 18.2 Å². The Labute approximate surface area is 187 Å². The fraction of sp³-hybridized carbons (Fsp3) is 0.348. The fourth-order valence-electron chi connectivity index (χ4n) is 2.90. The Morgan fingerprint density at radius 3 is 2.48 bits per heavy atom. The minimum Gasteiger partial charge on any atom is -0.497 e. The summed E-state index contributed by atoms with van der Waals surface area (Å²) in [6.45, 7) is 6.66. The van der Waals surface area contributed by atoms with Crippen LogP contribution in [0.15, 0.2) is 42.5 Å². The predicted octanol–water partition coefficient (Wildman–Crippen LogP) is 5.29. The van der Waals surface area contributed by atoms with E-state index in [2.05, 4.69) is 20.6 Å². The van der Waals surface area contributed by atoms with Crippen LogP contribution in [-0.4, -0.2) is 41.9 Å². The Morgan fingerprint density at radius 2 is 1.81 bits per heavy atom. The number of aromatic nitrogens is 2. The Bertz CT molecular complexity index is 1050. The highest BCUT2D eigenvalue weighted by molar-refractivity contribution is 6.34. The number of halogens is 1. The minimum atomic E-state index is -0.502. The zero-order valence-electron chi connectivity index (χ0n) is 18.2. The van der Waals surface area contributed by atoms with E-state index < -0.39 is 11.7 Å². The molecule has 0 unspecified atom stereocenters. The molecule has 3 aromatic rings. The number of hydrogen-bond acceptors (Lipinski definition) is 6. The average Bonchev–Trinajstić information content (AvgIpc) is 2.72. The molecular weight excluding hydrogens is 416 g/mol.